The van der Waals surface area contributed by atoms with Crippen LogP contribution in [0.3, 0.4) is 0 Å². The number of rotatable bonds is 4. The zero-order valence-electron chi connectivity index (χ0n) is 18.7. The number of hydrogen-bond acceptors (Lipinski definition) is 4. The number of ketones is 2. The Morgan fingerprint density at radius 1 is 1.27 bits per heavy atom. The molecule has 4 rings (SSSR count). The lowest BCUT2D eigenvalue weighted by Gasteiger charge is -2.59. The van der Waals surface area contributed by atoms with E-state index in [9.17, 15) is 14.4 Å². The van der Waals surface area contributed by atoms with Gasteiger partial charge in [-0.3, -0.25) is 14.4 Å². The standard InChI is InChI=1S/C25H35BrO4/c1-14(5-10-23(29)30-4)17-8-9-18-16-7-6-15-11-21(27)20(26)13-24(15,2)19(16)12-22(28)25(17,18)3/h9,14-17,19-20H,5-8,10-13H2,1-4H3/t14-,15-,16+,17-,19+,20?,24+,25-/m1/s1. The third kappa shape index (κ3) is 3.25. The summed E-state index contributed by atoms with van der Waals surface area (Å²) in [7, 11) is 1.43. The van der Waals surface area contributed by atoms with Crippen LogP contribution in [0.15, 0.2) is 11.6 Å². The Kier molecular flexibility index (Phi) is 5.83. The van der Waals surface area contributed by atoms with Crippen LogP contribution in [0.2, 0.25) is 0 Å². The van der Waals surface area contributed by atoms with Crippen molar-refractivity contribution in [2.75, 3.05) is 7.11 Å². The number of esters is 1. The first kappa shape index (κ1) is 22.2. The number of Topliss-reactive ketones (excluding diaryl/α,β-unsaturated/α-hetero) is 2. The highest BCUT2D eigenvalue weighted by Gasteiger charge is 2.61. The minimum Gasteiger partial charge on any atom is -0.469 e. The molecule has 0 bridgehead atoms. The van der Waals surface area contributed by atoms with Crippen molar-refractivity contribution in [3.8, 4) is 0 Å². The van der Waals surface area contributed by atoms with Gasteiger partial charge >= 0.3 is 5.97 Å². The number of carbonyl (C=O) groups excluding carboxylic acids is 3. The number of fused-ring (bicyclic) bond motifs is 5. The summed E-state index contributed by atoms with van der Waals surface area (Å²) in [4.78, 5) is 37.6. The summed E-state index contributed by atoms with van der Waals surface area (Å²) in [5, 5.41) is 0. The van der Waals surface area contributed by atoms with Gasteiger partial charge < -0.3 is 4.74 Å². The molecule has 0 saturated heterocycles. The van der Waals surface area contributed by atoms with Crippen LogP contribution in [0.1, 0.15) is 72.1 Å². The first-order chi connectivity index (χ1) is 14.1. The average Bonchev–Trinajstić information content (AvgIpc) is 3.07. The second kappa shape index (κ2) is 7.86. The summed E-state index contributed by atoms with van der Waals surface area (Å²) in [6.45, 7) is 6.71. The third-order valence-electron chi connectivity index (χ3n) is 9.54. The Hall–Kier alpha value is -0.970. The highest BCUT2D eigenvalue weighted by Crippen LogP contribution is 2.65. The fourth-order valence-corrected chi connectivity index (χ4v) is 8.51. The summed E-state index contributed by atoms with van der Waals surface area (Å²) >= 11 is 3.63. The molecule has 0 aromatic rings. The normalized spacial score (nSPS) is 43.9. The van der Waals surface area contributed by atoms with Gasteiger partial charge in [0, 0.05) is 19.3 Å². The van der Waals surface area contributed by atoms with Gasteiger partial charge in [-0.2, -0.15) is 0 Å². The van der Waals surface area contributed by atoms with E-state index in [1.54, 1.807) is 0 Å². The molecule has 4 nitrogen and oxygen atoms in total. The van der Waals surface area contributed by atoms with E-state index in [0.29, 0.717) is 54.5 Å². The molecule has 0 heterocycles. The van der Waals surface area contributed by atoms with Crippen LogP contribution in [0.25, 0.3) is 0 Å². The van der Waals surface area contributed by atoms with Gasteiger partial charge in [0.1, 0.15) is 11.6 Å². The lowest BCUT2D eigenvalue weighted by molar-refractivity contribution is -0.143. The van der Waals surface area contributed by atoms with E-state index in [0.717, 1.165) is 32.1 Å². The van der Waals surface area contributed by atoms with Crippen LogP contribution in [-0.2, 0) is 19.1 Å². The number of halogens is 1. The van der Waals surface area contributed by atoms with E-state index in [1.807, 2.05) is 0 Å². The molecule has 0 spiro atoms. The van der Waals surface area contributed by atoms with Crippen molar-refractivity contribution in [3.05, 3.63) is 11.6 Å². The molecule has 0 radical (unpaired) electrons. The lowest BCUT2D eigenvalue weighted by atomic mass is 9.45. The molecule has 0 aromatic carbocycles. The second-order valence-electron chi connectivity index (χ2n) is 10.8. The molecule has 0 N–H and O–H groups in total. The topological polar surface area (TPSA) is 60.4 Å². The Labute approximate surface area is 188 Å². The van der Waals surface area contributed by atoms with E-state index in [1.165, 1.54) is 12.7 Å². The molecule has 166 valence electrons. The number of methoxy groups -OCH3 is 1. The van der Waals surface area contributed by atoms with Crippen molar-refractivity contribution in [1.82, 2.24) is 0 Å². The molecule has 0 aromatic heterocycles. The number of alkyl halides is 1. The number of hydrogen-bond donors (Lipinski definition) is 0. The fourth-order valence-electron chi connectivity index (χ4n) is 7.63. The predicted molar refractivity (Wildman–Crippen MR) is 119 cm³/mol. The zero-order valence-corrected chi connectivity index (χ0v) is 20.3. The summed E-state index contributed by atoms with van der Waals surface area (Å²) in [5.41, 5.74) is 1.04. The van der Waals surface area contributed by atoms with E-state index in [4.69, 9.17) is 4.74 Å². The molecule has 30 heavy (non-hydrogen) atoms. The molecule has 8 atom stereocenters. The van der Waals surface area contributed by atoms with Crippen molar-refractivity contribution in [2.45, 2.75) is 77.0 Å². The molecular weight excluding hydrogens is 444 g/mol. The Bertz CT molecular complexity index is 788. The Morgan fingerprint density at radius 2 is 2.00 bits per heavy atom. The molecule has 4 aliphatic carbocycles. The highest BCUT2D eigenvalue weighted by atomic mass is 79.9. The average molecular weight is 479 g/mol. The van der Waals surface area contributed by atoms with Crippen LogP contribution in [0.4, 0.5) is 0 Å². The predicted octanol–water partition coefficient (Wildman–Crippen LogP) is 5.28. The van der Waals surface area contributed by atoms with Gasteiger partial charge in [0.15, 0.2) is 0 Å². The minimum atomic E-state index is -0.391. The fraction of sp³-hybridized carbons (Fsp3) is 0.800. The molecular formula is C25H35BrO4. The maximum atomic E-state index is 13.7. The minimum absolute atomic E-state index is 0.0530. The summed E-state index contributed by atoms with van der Waals surface area (Å²) in [6, 6.07) is 0. The van der Waals surface area contributed by atoms with Crippen LogP contribution in [0, 0.1) is 40.4 Å². The summed E-state index contributed by atoms with van der Waals surface area (Å²) in [5.74, 6) is 2.34. The molecule has 0 amide bonds. The van der Waals surface area contributed by atoms with Gasteiger partial charge in [-0.05, 0) is 74.0 Å². The molecule has 3 saturated carbocycles. The first-order valence-corrected chi connectivity index (χ1v) is 12.5. The summed E-state index contributed by atoms with van der Waals surface area (Å²) < 4.78 is 4.82. The van der Waals surface area contributed by atoms with Crippen molar-refractivity contribution in [2.24, 2.45) is 40.4 Å². The zero-order chi connectivity index (χ0) is 21.8. The second-order valence-corrected chi connectivity index (χ2v) is 11.9. The van der Waals surface area contributed by atoms with E-state index in [2.05, 4.69) is 42.8 Å². The lowest BCUT2D eigenvalue weighted by Crippen LogP contribution is -2.56. The van der Waals surface area contributed by atoms with Crippen molar-refractivity contribution >= 4 is 33.5 Å². The maximum Gasteiger partial charge on any atom is 0.305 e. The van der Waals surface area contributed by atoms with Crippen LogP contribution >= 0.6 is 15.9 Å². The molecule has 4 aliphatic rings. The van der Waals surface area contributed by atoms with Crippen LogP contribution in [0.5, 0.6) is 0 Å². The third-order valence-corrected chi connectivity index (χ3v) is 10.4. The first-order valence-electron chi connectivity index (χ1n) is 11.6. The van der Waals surface area contributed by atoms with E-state index >= 15 is 0 Å². The summed E-state index contributed by atoms with van der Waals surface area (Å²) in [6.07, 6.45) is 8.83. The molecule has 5 heteroatoms. The quantitative estimate of drug-likeness (QED) is 0.313. The van der Waals surface area contributed by atoms with Crippen molar-refractivity contribution in [3.63, 3.8) is 0 Å². The van der Waals surface area contributed by atoms with Gasteiger partial charge in [0.05, 0.1) is 17.4 Å². The highest BCUT2D eigenvalue weighted by molar-refractivity contribution is 9.10. The van der Waals surface area contributed by atoms with Gasteiger partial charge in [0.25, 0.3) is 0 Å². The Morgan fingerprint density at radius 3 is 2.70 bits per heavy atom. The van der Waals surface area contributed by atoms with Crippen molar-refractivity contribution in [1.29, 1.82) is 0 Å². The SMILES string of the molecule is COC(=O)CC[C@@H](C)[C@H]1CC=C2[C@@H]3CC[C@@H]4CC(=O)C(Br)C[C@]4(C)[C@H]3CC(=O)[C@@]21C. The monoisotopic (exact) mass is 478 g/mol. The smallest absolute Gasteiger partial charge is 0.305 e. The van der Waals surface area contributed by atoms with Crippen LogP contribution in [-0.4, -0.2) is 29.5 Å². The van der Waals surface area contributed by atoms with Crippen LogP contribution < -0.4 is 0 Å². The van der Waals surface area contributed by atoms with Gasteiger partial charge in [-0.1, -0.05) is 41.4 Å². The molecule has 0 aliphatic heterocycles. The van der Waals surface area contributed by atoms with Gasteiger partial charge in [-0.15, -0.1) is 0 Å². The van der Waals surface area contributed by atoms with Gasteiger partial charge in [0.2, 0.25) is 0 Å². The maximum absolute atomic E-state index is 13.7. The largest absolute Gasteiger partial charge is 0.469 e. The van der Waals surface area contributed by atoms with E-state index in [-0.39, 0.29) is 22.1 Å². The van der Waals surface area contributed by atoms with E-state index < -0.39 is 5.41 Å². The Balaban J connectivity index is 1.58. The number of ether oxygens (including phenoxy) is 1. The number of carbonyl (C=O) groups is 3. The number of allylic oxidation sites excluding steroid dienone is 2. The molecule has 1 unspecified atom stereocenters. The van der Waals surface area contributed by atoms with Crippen molar-refractivity contribution < 1.29 is 19.1 Å². The van der Waals surface area contributed by atoms with Gasteiger partial charge in [-0.25, -0.2) is 0 Å². The molecule has 3 fully saturated rings.